The third-order valence-corrected chi connectivity index (χ3v) is 6.76. The molecule has 0 heterocycles. The van der Waals surface area contributed by atoms with Crippen LogP contribution >= 0.6 is 0 Å². The van der Waals surface area contributed by atoms with Crippen LogP contribution in [-0.4, -0.2) is 0 Å². The van der Waals surface area contributed by atoms with E-state index in [2.05, 4.69) is 0 Å². The number of rotatable bonds is 5. The lowest BCUT2D eigenvalue weighted by molar-refractivity contribution is -0.139. The van der Waals surface area contributed by atoms with Gasteiger partial charge in [0.15, 0.2) is 0 Å². The van der Waals surface area contributed by atoms with Crippen LogP contribution in [0.3, 0.4) is 0 Å². The van der Waals surface area contributed by atoms with Crippen LogP contribution in [0, 0.1) is 27.7 Å². The Morgan fingerprint density at radius 1 is 0.550 bits per heavy atom. The number of benzene rings is 4. The van der Waals surface area contributed by atoms with Gasteiger partial charge in [0.05, 0.1) is 0 Å². The van der Waals surface area contributed by atoms with Crippen LogP contribution in [0.2, 0.25) is 0 Å². The van der Waals surface area contributed by atoms with E-state index in [0.717, 1.165) is 40.5 Å². The van der Waals surface area contributed by atoms with E-state index in [9.17, 15) is 26.3 Å². The molecule has 0 aliphatic carbocycles. The maximum absolute atomic E-state index is 13.6. The Labute approximate surface area is 227 Å². The topological polar surface area (TPSA) is 70.5 Å². The number of nitrogens with two attached hydrogens (primary N) is 2. The van der Waals surface area contributed by atoms with E-state index in [1.807, 2.05) is 13.8 Å². The summed E-state index contributed by atoms with van der Waals surface area (Å²) in [5, 5.41) is 0. The molecule has 4 aromatic carbocycles. The van der Waals surface area contributed by atoms with E-state index in [1.54, 1.807) is 38.1 Å². The standard InChI is InChI=1S/C30H26F6N2O2/c1-15-17(3)28(40-26-12-8-21(38)14-24(26)30(34,35)36)18(4)16(2)27(15)19-5-9-22(10-6-19)39-25-11-7-20(37)13-23(25)29(31,32)33/h5-14H,37-38H2,1-4H3. The van der Waals surface area contributed by atoms with Crippen LogP contribution in [-0.2, 0) is 12.4 Å². The summed E-state index contributed by atoms with van der Waals surface area (Å²) in [4.78, 5) is 0. The third kappa shape index (κ3) is 5.66. The van der Waals surface area contributed by atoms with Crippen LogP contribution in [0.25, 0.3) is 11.1 Å². The smallest absolute Gasteiger partial charge is 0.420 e. The maximum Gasteiger partial charge on any atom is 0.420 e. The summed E-state index contributed by atoms with van der Waals surface area (Å²) in [6, 6.07) is 13.2. The summed E-state index contributed by atoms with van der Waals surface area (Å²) in [7, 11) is 0. The van der Waals surface area contributed by atoms with Crippen molar-refractivity contribution in [3.63, 3.8) is 0 Å². The van der Waals surface area contributed by atoms with Crippen molar-refractivity contribution in [3.8, 4) is 34.1 Å². The molecule has 0 aliphatic rings. The van der Waals surface area contributed by atoms with Crippen LogP contribution < -0.4 is 20.9 Å². The normalized spacial score (nSPS) is 11.9. The second-order valence-corrected chi connectivity index (χ2v) is 9.44. The van der Waals surface area contributed by atoms with E-state index in [-0.39, 0.29) is 28.6 Å². The minimum atomic E-state index is -4.66. The molecule has 0 unspecified atom stereocenters. The second-order valence-electron chi connectivity index (χ2n) is 9.44. The highest BCUT2D eigenvalue weighted by Crippen LogP contribution is 2.44. The van der Waals surface area contributed by atoms with E-state index in [4.69, 9.17) is 20.9 Å². The van der Waals surface area contributed by atoms with Crippen LogP contribution in [0.1, 0.15) is 33.4 Å². The summed E-state index contributed by atoms with van der Waals surface area (Å²) in [5.74, 6) is -0.250. The molecular weight excluding hydrogens is 534 g/mol. The number of hydrogen-bond donors (Lipinski definition) is 2. The Kier molecular flexibility index (Phi) is 7.40. The molecule has 4 nitrogen and oxygen atoms in total. The first kappa shape index (κ1) is 28.7. The predicted molar refractivity (Wildman–Crippen MR) is 143 cm³/mol. The monoisotopic (exact) mass is 560 g/mol. The molecule has 0 saturated heterocycles. The van der Waals surface area contributed by atoms with Gasteiger partial charge in [0.1, 0.15) is 34.1 Å². The largest absolute Gasteiger partial charge is 0.457 e. The van der Waals surface area contributed by atoms with Gasteiger partial charge in [-0.05, 0) is 110 Å². The molecule has 0 aromatic heterocycles. The van der Waals surface area contributed by atoms with Crippen molar-refractivity contribution in [2.75, 3.05) is 11.5 Å². The van der Waals surface area contributed by atoms with Crippen LogP contribution in [0.5, 0.6) is 23.0 Å². The molecule has 0 bridgehead atoms. The van der Waals surface area contributed by atoms with Gasteiger partial charge in [-0.2, -0.15) is 26.3 Å². The van der Waals surface area contributed by atoms with Gasteiger partial charge in [0, 0.05) is 11.4 Å². The molecule has 0 radical (unpaired) electrons. The molecule has 210 valence electrons. The fourth-order valence-corrected chi connectivity index (χ4v) is 4.51. The lowest BCUT2D eigenvalue weighted by Gasteiger charge is -2.22. The van der Waals surface area contributed by atoms with Gasteiger partial charge in [-0.3, -0.25) is 0 Å². The first-order chi connectivity index (χ1) is 18.6. The summed E-state index contributed by atoms with van der Waals surface area (Å²) in [6.45, 7) is 7.16. The number of ether oxygens (including phenoxy) is 2. The maximum atomic E-state index is 13.6. The Balaban J connectivity index is 1.69. The minimum absolute atomic E-state index is 0.0331. The van der Waals surface area contributed by atoms with Gasteiger partial charge in [-0.15, -0.1) is 0 Å². The lowest BCUT2D eigenvalue weighted by atomic mass is 9.88. The van der Waals surface area contributed by atoms with Crippen molar-refractivity contribution in [1.82, 2.24) is 0 Å². The zero-order chi connectivity index (χ0) is 29.6. The third-order valence-electron chi connectivity index (χ3n) is 6.76. The number of anilines is 2. The number of alkyl halides is 6. The van der Waals surface area contributed by atoms with E-state index >= 15 is 0 Å². The van der Waals surface area contributed by atoms with E-state index in [0.29, 0.717) is 16.9 Å². The SMILES string of the molecule is Cc1c(C)c(-c2ccc(Oc3ccc(N)cc3C(F)(F)F)cc2)c(C)c(C)c1Oc1ccc(N)cc1C(F)(F)F. The summed E-state index contributed by atoms with van der Waals surface area (Å²) >= 11 is 0. The van der Waals surface area contributed by atoms with Gasteiger partial charge in [-0.25, -0.2) is 0 Å². The zero-order valence-corrected chi connectivity index (χ0v) is 22.0. The average molecular weight is 561 g/mol. The number of nitrogen functional groups attached to an aromatic ring is 2. The van der Waals surface area contributed by atoms with Gasteiger partial charge in [0.25, 0.3) is 0 Å². The molecule has 4 aromatic rings. The van der Waals surface area contributed by atoms with E-state index < -0.39 is 23.5 Å². The molecule has 0 amide bonds. The lowest BCUT2D eigenvalue weighted by Crippen LogP contribution is -2.09. The molecule has 0 atom stereocenters. The van der Waals surface area contributed by atoms with Crippen molar-refractivity contribution in [2.45, 2.75) is 40.0 Å². The Bertz CT molecular complexity index is 1550. The Hall–Kier alpha value is -4.34. The first-order valence-electron chi connectivity index (χ1n) is 12.1. The van der Waals surface area contributed by atoms with Crippen molar-refractivity contribution >= 4 is 11.4 Å². The van der Waals surface area contributed by atoms with Gasteiger partial charge >= 0.3 is 12.4 Å². The summed E-state index contributed by atoms with van der Waals surface area (Å²) in [5.41, 5.74) is 13.5. The molecule has 0 spiro atoms. The summed E-state index contributed by atoms with van der Waals surface area (Å²) < 4.78 is 92.6. The van der Waals surface area contributed by atoms with Crippen molar-refractivity contribution < 1.29 is 35.8 Å². The fraction of sp³-hybridized carbons (Fsp3) is 0.200. The molecule has 4 N–H and O–H groups in total. The Morgan fingerprint density at radius 2 is 0.975 bits per heavy atom. The second kappa shape index (κ2) is 10.3. The highest BCUT2D eigenvalue weighted by atomic mass is 19.4. The van der Waals surface area contributed by atoms with Gasteiger partial charge in [0.2, 0.25) is 0 Å². The highest BCUT2D eigenvalue weighted by molar-refractivity contribution is 5.76. The molecule has 0 saturated carbocycles. The van der Waals surface area contributed by atoms with E-state index in [1.165, 1.54) is 18.2 Å². The van der Waals surface area contributed by atoms with Gasteiger partial charge < -0.3 is 20.9 Å². The van der Waals surface area contributed by atoms with Crippen LogP contribution in [0.15, 0.2) is 60.7 Å². The minimum Gasteiger partial charge on any atom is -0.457 e. The zero-order valence-electron chi connectivity index (χ0n) is 22.0. The molecule has 0 aliphatic heterocycles. The highest BCUT2D eigenvalue weighted by Gasteiger charge is 2.36. The molecule has 4 rings (SSSR count). The molecular formula is C30H26F6N2O2. The first-order valence-corrected chi connectivity index (χ1v) is 12.1. The predicted octanol–water partition coefficient (Wildman–Crippen LogP) is 9.37. The van der Waals surface area contributed by atoms with Crippen molar-refractivity contribution in [1.29, 1.82) is 0 Å². The molecule has 10 heteroatoms. The van der Waals surface area contributed by atoms with Gasteiger partial charge in [-0.1, -0.05) is 12.1 Å². The van der Waals surface area contributed by atoms with Crippen molar-refractivity contribution in [2.24, 2.45) is 0 Å². The number of hydrogen-bond acceptors (Lipinski definition) is 4. The summed E-state index contributed by atoms with van der Waals surface area (Å²) in [6.07, 6.45) is -9.31. The quantitative estimate of drug-likeness (QED) is 0.188. The molecule has 40 heavy (non-hydrogen) atoms. The van der Waals surface area contributed by atoms with Crippen molar-refractivity contribution in [3.05, 3.63) is 94.0 Å². The van der Waals surface area contributed by atoms with Crippen LogP contribution in [0.4, 0.5) is 37.7 Å². The Morgan fingerprint density at radius 3 is 1.40 bits per heavy atom. The fourth-order valence-electron chi connectivity index (χ4n) is 4.51. The average Bonchev–Trinajstić information content (AvgIpc) is 2.87. The number of halogens is 6. The molecule has 0 fully saturated rings.